The Hall–Kier alpha value is -1.40. The van der Waals surface area contributed by atoms with E-state index in [1.54, 1.807) is 4.90 Å². The number of hydrogen-bond acceptors (Lipinski definition) is 4. The van der Waals surface area contributed by atoms with Crippen LogP contribution in [0.1, 0.15) is 12.0 Å². The lowest BCUT2D eigenvalue weighted by molar-refractivity contribution is -0.121. The third kappa shape index (κ3) is 2.45. The van der Waals surface area contributed by atoms with Crippen LogP contribution in [0.2, 0.25) is 0 Å². The van der Waals surface area contributed by atoms with E-state index < -0.39 is 15.8 Å². The van der Waals surface area contributed by atoms with Gasteiger partial charge < -0.3 is 10.6 Å². The smallest absolute Gasteiger partial charge is 0.231 e. The van der Waals surface area contributed by atoms with Crippen LogP contribution >= 0.6 is 0 Å². The molecule has 1 saturated heterocycles. The van der Waals surface area contributed by atoms with Crippen LogP contribution in [0.15, 0.2) is 24.3 Å². The molecule has 0 spiro atoms. The van der Waals surface area contributed by atoms with Crippen molar-refractivity contribution in [2.75, 3.05) is 23.0 Å². The maximum Gasteiger partial charge on any atom is 0.231 e. The van der Waals surface area contributed by atoms with Crippen LogP contribution in [0, 0.1) is 5.92 Å². The average Bonchev–Trinajstić information content (AvgIpc) is 2.77. The van der Waals surface area contributed by atoms with Crippen LogP contribution in [0.25, 0.3) is 0 Å². The van der Waals surface area contributed by atoms with Crippen molar-refractivity contribution in [3.63, 3.8) is 0 Å². The second-order valence-electron chi connectivity index (χ2n) is 5.64. The number of fused-ring (bicyclic) bond motifs is 1. The maximum atomic E-state index is 12.6. The summed E-state index contributed by atoms with van der Waals surface area (Å²) < 4.78 is 23.1. The first-order chi connectivity index (χ1) is 9.46. The Morgan fingerprint density at radius 2 is 2.05 bits per heavy atom. The van der Waals surface area contributed by atoms with Crippen molar-refractivity contribution >= 4 is 21.4 Å². The second-order valence-corrected chi connectivity index (χ2v) is 7.87. The van der Waals surface area contributed by atoms with Gasteiger partial charge in [0.05, 0.1) is 17.4 Å². The molecule has 2 aliphatic rings. The van der Waals surface area contributed by atoms with Gasteiger partial charge in [-0.25, -0.2) is 8.42 Å². The van der Waals surface area contributed by atoms with E-state index in [9.17, 15) is 13.2 Å². The normalized spacial score (nSPS) is 28.1. The van der Waals surface area contributed by atoms with Crippen LogP contribution in [0.3, 0.4) is 0 Å². The fourth-order valence-corrected chi connectivity index (χ4v) is 4.78. The number of para-hydroxylation sites is 1. The summed E-state index contributed by atoms with van der Waals surface area (Å²) in [6.07, 6.45) is 1.18. The molecular formula is C14H18N2O3S. The Morgan fingerprint density at radius 1 is 1.30 bits per heavy atom. The van der Waals surface area contributed by atoms with Crippen LogP contribution < -0.4 is 10.6 Å². The summed E-state index contributed by atoms with van der Waals surface area (Å²) in [6, 6.07) is 7.61. The Balaban J connectivity index is 1.89. The van der Waals surface area contributed by atoms with E-state index in [4.69, 9.17) is 5.73 Å². The van der Waals surface area contributed by atoms with Crippen molar-refractivity contribution in [3.8, 4) is 0 Å². The van der Waals surface area contributed by atoms with Gasteiger partial charge in [0, 0.05) is 18.3 Å². The van der Waals surface area contributed by atoms with Gasteiger partial charge >= 0.3 is 0 Å². The van der Waals surface area contributed by atoms with Crippen LogP contribution in [-0.2, 0) is 21.1 Å². The van der Waals surface area contributed by atoms with Crippen LogP contribution in [0.4, 0.5) is 5.69 Å². The molecule has 1 amide bonds. The predicted molar refractivity (Wildman–Crippen MR) is 77.2 cm³/mol. The number of carbonyl (C=O) groups is 1. The number of sulfone groups is 1. The highest BCUT2D eigenvalue weighted by Crippen LogP contribution is 2.30. The topological polar surface area (TPSA) is 80.5 Å². The summed E-state index contributed by atoms with van der Waals surface area (Å²) in [7, 11) is -3.05. The number of hydrogen-bond donors (Lipinski definition) is 1. The van der Waals surface area contributed by atoms with Crippen LogP contribution in [0.5, 0.6) is 0 Å². The minimum Gasteiger partial charge on any atom is -0.326 e. The monoisotopic (exact) mass is 294 g/mol. The molecule has 5 nitrogen and oxygen atoms in total. The molecule has 1 aromatic rings. The molecule has 3 rings (SSSR count). The molecule has 2 heterocycles. The zero-order valence-electron chi connectivity index (χ0n) is 11.2. The van der Waals surface area contributed by atoms with E-state index in [1.807, 2.05) is 24.3 Å². The number of anilines is 1. The van der Waals surface area contributed by atoms with E-state index in [-0.39, 0.29) is 23.5 Å². The minimum absolute atomic E-state index is 0.0280. The van der Waals surface area contributed by atoms with Gasteiger partial charge in [0.15, 0.2) is 9.84 Å². The highest BCUT2D eigenvalue weighted by atomic mass is 32.2. The number of rotatable bonds is 1. The van der Waals surface area contributed by atoms with Gasteiger partial charge in [-0.05, 0) is 24.5 Å². The van der Waals surface area contributed by atoms with E-state index in [2.05, 4.69) is 0 Å². The van der Waals surface area contributed by atoms with Crippen molar-refractivity contribution in [1.29, 1.82) is 0 Å². The first-order valence-corrected chi connectivity index (χ1v) is 8.64. The molecule has 1 fully saturated rings. The highest BCUT2D eigenvalue weighted by molar-refractivity contribution is 7.91. The molecule has 1 aromatic carbocycles. The molecule has 108 valence electrons. The highest BCUT2D eigenvalue weighted by Gasteiger charge is 2.37. The fourth-order valence-electron chi connectivity index (χ4n) is 3.05. The number of nitrogens with zero attached hydrogens (tertiary/aromatic N) is 1. The Bertz CT molecular complexity index is 642. The molecular weight excluding hydrogens is 276 g/mol. The number of benzene rings is 1. The third-order valence-electron chi connectivity index (χ3n) is 4.03. The van der Waals surface area contributed by atoms with Gasteiger partial charge in [0.2, 0.25) is 5.91 Å². The summed E-state index contributed by atoms with van der Waals surface area (Å²) >= 11 is 0. The largest absolute Gasteiger partial charge is 0.326 e. The van der Waals surface area contributed by atoms with Gasteiger partial charge in [-0.2, -0.15) is 0 Å². The van der Waals surface area contributed by atoms with Crippen molar-refractivity contribution in [3.05, 3.63) is 29.8 Å². The predicted octanol–water partition coefficient (Wildman–Crippen LogP) is 0.338. The minimum atomic E-state index is -3.05. The van der Waals surface area contributed by atoms with E-state index >= 15 is 0 Å². The fraction of sp³-hybridized carbons (Fsp3) is 0.500. The summed E-state index contributed by atoms with van der Waals surface area (Å²) in [5, 5.41) is 0. The third-order valence-corrected chi connectivity index (χ3v) is 5.80. The maximum absolute atomic E-state index is 12.6. The molecule has 0 saturated carbocycles. The van der Waals surface area contributed by atoms with Gasteiger partial charge in [-0.15, -0.1) is 0 Å². The lowest BCUT2D eigenvalue weighted by Gasteiger charge is -2.34. The van der Waals surface area contributed by atoms with Gasteiger partial charge in [-0.3, -0.25) is 4.79 Å². The van der Waals surface area contributed by atoms with Gasteiger partial charge in [0.25, 0.3) is 0 Å². The standard InChI is InChI=1S/C14H18N2O3S/c15-12-7-10-3-1-2-4-13(10)16(8-12)14(17)11-5-6-20(18,19)9-11/h1-4,11-12H,5-9,15H2. The molecule has 2 unspecified atom stereocenters. The molecule has 2 aliphatic heterocycles. The van der Waals surface area contributed by atoms with Crippen molar-refractivity contribution in [2.45, 2.75) is 18.9 Å². The lowest BCUT2D eigenvalue weighted by atomic mass is 9.96. The summed E-state index contributed by atoms with van der Waals surface area (Å²) in [6.45, 7) is 0.465. The molecule has 6 heteroatoms. The van der Waals surface area contributed by atoms with Crippen LogP contribution in [-0.4, -0.2) is 38.4 Å². The zero-order valence-corrected chi connectivity index (χ0v) is 12.0. The SMILES string of the molecule is NC1Cc2ccccc2N(C(=O)C2CCS(=O)(=O)C2)C1. The lowest BCUT2D eigenvalue weighted by Crippen LogP contribution is -2.48. The molecule has 0 radical (unpaired) electrons. The molecule has 2 N–H and O–H groups in total. The van der Waals surface area contributed by atoms with Gasteiger partial charge in [0.1, 0.15) is 0 Å². The summed E-state index contributed by atoms with van der Waals surface area (Å²) in [4.78, 5) is 14.3. The Kier molecular flexibility index (Phi) is 3.30. The number of carbonyl (C=O) groups excluding carboxylic acids is 1. The number of amides is 1. The summed E-state index contributed by atoms with van der Waals surface area (Å²) in [5.41, 5.74) is 7.95. The molecule has 2 atom stereocenters. The summed E-state index contributed by atoms with van der Waals surface area (Å²) in [5.74, 6) is -0.433. The molecule has 20 heavy (non-hydrogen) atoms. The molecule has 0 aromatic heterocycles. The average molecular weight is 294 g/mol. The van der Waals surface area contributed by atoms with Crippen molar-refractivity contribution in [1.82, 2.24) is 0 Å². The van der Waals surface area contributed by atoms with E-state index in [1.165, 1.54) is 0 Å². The van der Waals surface area contributed by atoms with Gasteiger partial charge in [-0.1, -0.05) is 18.2 Å². The quantitative estimate of drug-likeness (QED) is 0.810. The first kappa shape index (κ1) is 13.6. The Morgan fingerprint density at radius 3 is 2.75 bits per heavy atom. The Labute approximate surface area is 118 Å². The van der Waals surface area contributed by atoms with Crippen molar-refractivity contribution < 1.29 is 13.2 Å². The molecule has 0 bridgehead atoms. The van der Waals surface area contributed by atoms with E-state index in [0.29, 0.717) is 13.0 Å². The van der Waals surface area contributed by atoms with E-state index in [0.717, 1.165) is 17.7 Å². The number of nitrogens with two attached hydrogens (primary N) is 1. The molecule has 0 aliphatic carbocycles. The first-order valence-electron chi connectivity index (χ1n) is 6.81. The van der Waals surface area contributed by atoms with Crippen molar-refractivity contribution in [2.24, 2.45) is 11.7 Å². The zero-order chi connectivity index (χ0) is 14.3. The second kappa shape index (κ2) is 4.86.